The van der Waals surface area contributed by atoms with E-state index in [0.717, 1.165) is 11.4 Å². The summed E-state index contributed by atoms with van der Waals surface area (Å²) >= 11 is 0. The fraction of sp³-hybridized carbons (Fsp3) is 0.333. The van der Waals surface area contributed by atoms with Gasteiger partial charge in [-0.05, 0) is 24.3 Å². The number of anilines is 2. The van der Waals surface area contributed by atoms with Gasteiger partial charge in [-0.1, -0.05) is 18.2 Å². The molecule has 0 aliphatic carbocycles. The highest BCUT2D eigenvalue weighted by atomic mass is 16.5. The third-order valence-electron chi connectivity index (χ3n) is 4.72. The molecule has 1 heterocycles. The minimum Gasteiger partial charge on any atom is -0.497 e. The molecule has 0 bridgehead atoms. The van der Waals surface area contributed by atoms with E-state index in [2.05, 4.69) is 10.2 Å². The van der Waals surface area contributed by atoms with Crippen LogP contribution in [0.1, 0.15) is 6.42 Å². The quantitative estimate of drug-likeness (QED) is 0.776. The highest BCUT2D eigenvalue weighted by Gasteiger charge is 2.24. The molecule has 0 spiro atoms. The molecule has 2 aromatic carbocycles. The maximum absolute atomic E-state index is 12.5. The molecule has 0 radical (unpaired) electrons. The Bertz CT molecular complexity index is 832. The molecule has 0 atom stereocenters. The molecule has 148 valence electrons. The Hall–Kier alpha value is -3.22. The predicted octanol–water partition coefficient (Wildman–Crippen LogP) is 2.38. The summed E-state index contributed by atoms with van der Waals surface area (Å²) in [6, 6.07) is 14.9. The topological polar surface area (TPSA) is 71.1 Å². The lowest BCUT2D eigenvalue weighted by Gasteiger charge is -2.36. The summed E-state index contributed by atoms with van der Waals surface area (Å²) in [5, 5.41) is 2.74. The molecular weight excluding hydrogens is 358 g/mol. The Labute approximate surface area is 164 Å². The first-order valence-electron chi connectivity index (χ1n) is 9.20. The zero-order valence-electron chi connectivity index (χ0n) is 16.2. The molecule has 7 heteroatoms. The number of hydrogen-bond acceptors (Lipinski definition) is 5. The lowest BCUT2D eigenvalue weighted by atomic mass is 10.2. The van der Waals surface area contributed by atoms with Crippen LogP contribution < -0.4 is 19.7 Å². The highest BCUT2D eigenvalue weighted by molar-refractivity contribution is 6.03. The van der Waals surface area contributed by atoms with Crippen LogP contribution in [-0.2, 0) is 9.59 Å². The number of nitrogens with zero attached hydrogens (tertiary/aromatic N) is 2. The smallest absolute Gasteiger partial charge is 0.233 e. The molecule has 7 nitrogen and oxygen atoms in total. The number of benzene rings is 2. The van der Waals surface area contributed by atoms with Gasteiger partial charge in [-0.2, -0.15) is 0 Å². The van der Waals surface area contributed by atoms with Crippen LogP contribution in [-0.4, -0.2) is 57.1 Å². The van der Waals surface area contributed by atoms with Gasteiger partial charge >= 0.3 is 0 Å². The maximum Gasteiger partial charge on any atom is 0.233 e. The van der Waals surface area contributed by atoms with Crippen molar-refractivity contribution in [2.24, 2.45) is 0 Å². The van der Waals surface area contributed by atoms with Crippen molar-refractivity contribution >= 4 is 23.2 Å². The Balaban J connectivity index is 1.51. The standard InChI is InChI=1S/C21H25N3O4/c1-27-17-7-5-6-16(14-17)22-20(25)15-21(26)24-12-10-23(11-13-24)18-8-3-4-9-19(18)28-2/h3-9,14H,10-13,15H2,1-2H3,(H,22,25). The predicted molar refractivity (Wildman–Crippen MR) is 108 cm³/mol. The number of amides is 2. The van der Waals surface area contributed by atoms with E-state index in [9.17, 15) is 9.59 Å². The SMILES string of the molecule is COc1cccc(NC(=O)CC(=O)N2CCN(c3ccccc3OC)CC2)c1. The molecule has 1 saturated heterocycles. The molecule has 2 amide bonds. The lowest BCUT2D eigenvalue weighted by molar-refractivity contribution is -0.134. The minimum atomic E-state index is -0.328. The van der Waals surface area contributed by atoms with Crippen LogP contribution in [0.4, 0.5) is 11.4 Å². The van der Waals surface area contributed by atoms with Crippen LogP contribution in [0.2, 0.25) is 0 Å². The van der Waals surface area contributed by atoms with Crippen LogP contribution in [0.3, 0.4) is 0 Å². The zero-order chi connectivity index (χ0) is 19.9. The number of ether oxygens (including phenoxy) is 2. The van der Waals surface area contributed by atoms with Gasteiger partial charge < -0.3 is 24.6 Å². The highest BCUT2D eigenvalue weighted by Crippen LogP contribution is 2.28. The van der Waals surface area contributed by atoms with E-state index in [0.29, 0.717) is 37.6 Å². The van der Waals surface area contributed by atoms with Crippen LogP contribution in [0.25, 0.3) is 0 Å². The van der Waals surface area contributed by atoms with Gasteiger partial charge in [0, 0.05) is 37.9 Å². The second kappa shape index (κ2) is 9.12. The van der Waals surface area contributed by atoms with E-state index in [-0.39, 0.29) is 18.2 Å². The number of piperazine rings is 1. The van der Waals surface area contributed by atoms with Gasteiger partial charge in [0.1, 0.15) is 17.9 Å². The lowest BCUT2D eigenvalue weighted by Crippen LogP contribution is -2.49. The van der Waals surface area contributed by atoms with Crippen LogP contribution >= 0.6 is 0 Å². The molecule has 0 aromatic heterocycles. The van der Waals surface area contributed by atoms with E-state index < -0.39 is 0 Å². The van der Waals surface area contributed by atoms with Crippen molar-refractivity contribution in [1.29, 1.82) is 0 Å². The third-order valence-corrected chi connectivity index (χ3v) is 4.72. The summed E-state index contributed by atoms with van der Waals surface area (Å²) in [6.45, 7) is 2.54. The molecule has 2 aromatic rings. The molecule has 1 N–H and O–H groups in total. The summed E-state index contributed by atoms with van der Waals surface area (Å²) in [6.07, 6.45) is -0.175. The number of methoxy groups -OCH3 is 2. The van der Waals surface area contributed by atoms with Crippen molar-refractivity contribution in [3.63, 3.8) is 0 Å². The van der Waals surface area contributed by atoms with Crippen molar-refractivity contribution in [3.05, 3.63) is 48.5 Å². The van der Waals surface area contributed by atoms with Gasteiger partial charge in [-0.3, -0.25) is 9.59 Å². The van der Waals surface area contributed by atoms with Gasteiger partial charge in [0.2, 0.25) is 11.8 Å². The fourth-order valence-corrected chi connectivity index (χ4v) is 3.24. The first-order chi connectivity index (χ1) is 13.6. The molecule has 1 fully saturated rings. The minimum absolute atomic E-state index is 0.167. The van der Waals surface area contributed by atoms with Crippen LogP contribution in [0.15, 0.2) is 48.5 Å². The van der Waals surface area contributed by atoms with Crippen molar-refractivity contribution in [3.8, 4) is 11.5 Å². The second-order valence-electron chi connectivity index (χ2n) is 6.50. The molecule has 28 heavy (non-hydrogen) atoms. The number of para-hydroxylation sites is 2. The molecule has 3 rings (SSSR count). The molecule has 0 unspecified atom stereocenters. The van der Waals surface area contributed by atoms with E-state index in [4.69, 9.17) is 9.47 Å². The first kappa shape index (κ1) is 19.5. The fourth-order valence-electron chi connectivity index (χ4n) is 3.24. The molecule has 1 aliphatic heterocycles. The van der Waals surface area contributed by atoms with Crippen molar-refractivity contribution in [1.82, 2.24) is 4.90 Å². The van der Waals surface area contributed by atoms with Gasteiger partial charge in [-0.15, -0.1) is 0 Å². The second-order valence-corrected chi connectivity index (χ2v) is 6.50. The third kappa shape index (κ3) is 4.73. The summed E-state index contributed by atoms with van der Waals surface area (Å²) in [5.74, 6) is 0.974. The number of hydrogen-bond donors (Lipinski definition) is 1. The Morgan fingerprint density at radius 3 is 2.43 bits per heavy atom. The monoisotopic (exact) mass is 383 g/mol. The van der Waals surface area contributed by atoms with E-state index in [1.807, 2.05) is 24.3 Å². The van der Waals surface area contributed by atoms with Crippen molar-refractivity contribution < 1.29 is 19.1 Å². The van der Waals surface area contributed by atoms with Crippen molar-refractivity contribution in [2.75, 3.05) is 50.6 Å². The summed E-state index contributed by atoms with van der Waals surface area (Å²) < 4.78 is 10.6. The van der Waals surface area contributed by atoms with Gasteiger partial charge in [-0.25, -0.2) is 0 Å². The summed E-state index contributed by atoms with van der Waals surface area (Å²) in [7, 11) is 3.22. The van der Waals surface area contributed by atoms with E-state index in [1.54, 1.807) is 43.4 Å². The normalized spacial score (nSPS) is 13.8. The maximum atomic E-state index is 12.5. The van der Waals surface area contributed by atoms with E-state index in [1.165, 1.54) is 0 Å². The molecular formula is C21H25N3O4. The van der Waals surface area contributed by atoms with Crippen LogP contribution in [0.5, 0.6) is 11.5 Å². The number of carbonyl (C=O) groups is 2. The first-order valence-corrected chi connectivity index (χ1v) is 9.20. The summed E-state index contributed by atoms with van der Waals surface area (Å²) in [4.78, 5) is 28.6. The average Bonchev–Trinajstić information content (AvgIpc) is 2.73. The molecule has 0 saturated carbocycles. The molecule has 1 aliphatic rings. The van der Waals surface area contributed by atoms with Gasteiger partial charge in [0.25, 0.3) is 0 Å². The number of nitrogens with one attached hydrogen (secondary N) is 1. The number of rotatable bonds is 6. The Morgan fingerprint density at radius 1 is 0.964 bits per heavy atom. The van der Waals surface area contributed by atoms with Gasteiger partial charge in [0.05, 0.1) is 19.9 Å². The Kier molecular flexibility index (Phi) is 6.37. The zero-order valence-corrected chi connectivity index (χ0v) is 16.2. The van der Waals surface area contributed by atoms with E-state index >= 15 is 0 Å². The van der Waals surface area contributed by atoms with Crippen molar-refractivity contribution in [2.45, 2.75) is 6.42 Å². The van der Waals surface area contributed by atoms with Crippen LogP contribution in [0, 0.1) is 0 Å². The average molecular weight is 383 g/mol. The Morgan fingerprint density at radius 2 is 1.71 bits per heavy atom. The largest absolute Gasteiger partial charge is 0.497 e. The number of carbonyl (C=O) groups excluding carboxylic acids is 2. The summed E-state index contributed by atoms with van der Waals surface area (Å²) in [5.41, 5.74) is 1.63. The van der Waals surface area contributed by atoms with Gasteiger partial charge in [0.15, 0.2) is 0 Å².